The molecule has 12 rings (SSSR count). The quantitative estimate of drug-likeness (QED) is 0.115. The van der Waals surface area contributed by atoms with Gasteiger partial charge in [-0.05, 0) is 157 Å². The highest BCUT2D eigenvalue weighted by Gasteiger charge is 2.27. The summed E-state index contributed by atoms with van der Waals surface area (Å²) >= 11 is 7.74. The van der Waals surface area contributed by atoms with E-state index in [0.717, 1.165) is 8.95 Å². The van der Waals surface area contributed by atoms with Crippen LogP contribution in [0.3, 0.4) is 0 Å². The van der Waals surface area contributed by atoms with E-state index >= 15 is 0 Å². The molecule has 290 valence electrons. The Balaban J connectivity index is 1.40. The molecule has 0 aliphatic carbocycles. The highest BCUT2D eigenvalue weighted by atomic mass is 79.9. The maximum absolute atomic E-state index is 3.87. The highest BCUT2D eigenvalue weighted by molar-refractivity contribution is 9.10. The summed E-state index contributed by atoms with van der Waals surface area (Å²) in [5.74, 6) is 0. The largest absolute Gasteiger partial charge is 0.0622 e. The van der Waals surface area contributed by atoms with Crippen LogP contribution in [0.1, 0.15) is 0 Å². The van der Waals surface area contributed by atoms with E-state index in [0.29, 0.717) is 0 Å². The van der Waals surface area contributed by atoms with Gasteiger partial charge in [0.15, 0.2) is 0 Å². The van der Waals surface area contributed by atoms with Gasteiger partial charge >= 0.3 is 0 Å². The molecule has 0 heterocycles. The van der Waals surface area contributed by atoms with Crippen LogP contribution in [0.5, 0.6) is 0 Å². The average molecular weight is 917 g/mol. The molecule has 0 spiro atoms. The van der Waals surface area contributed by atoms with Crippen molar-refractivity contribution >= 4 is 85.7 Å². The van der Waals surface area contributed by atoms with Crippen molar-refractivity contribution in [1.29, 1.82) is 0 Å². The summed E-state index contributed by atoms with van der Waals surface area (Å²) in [6.45, 7) is 0. The van der Waals surface area contributed by atoms with Crippen molar-refractivity contribution in [2.45, 2.75) is 0 Å². The second kappa shape index (κ2) is 15.0. The molecule has 0 atom stereocenters. The minimum absolute atomic E-state index is 1.05. The average Bonchev–Trinajstić information content (AvgIpc) is 3.33. The van der Waals surface area contributed by atoms with Crippen LogP contribution in [0.4, 0.5) is 0 Å². The van der Waals surface area contributed by atoms with E-state index in [2.05, 4.69) is 250 Å². The van der Waals surface area contributed by atoms with Gasteiger partial charge in [0.2, 0.25) is 0 Å². The zero-order chi connectivity index (χ0) is 41.3. The molecule has 12 aromatic rings. The van der Waals surface area contributed by atoms with Gasteiger partial charge in [-0.1, -0.05) is 214 Å². The van der Waals surface area contributed by atoms with Gasteiger partial charge < -0.3 is 0 Å². The van der Waals surface area contributed by atoms with Gasteiger partial charge in [-0.2, -0.15) is 0 Å². The maximum atomic E-state index is 3.87. The van der Waals surface area contributed by atoms with Crippen molar-refractivity contribution in [3.63, 3.8) is 0 Å². The fourth-order valence-electron chi connectivity index (χ4n) is 10.2. The maximum Gasteiger partial charge on any atom is 0.0181 e. The lowest BCUT2D eigenvalue weighted by Gasteiger charge is -2.26. The molecule has 0 fully saturated rings. The molecule has 0 unspecified atom stereocenters. The standard InChI is InChI=1S/C60H36Br2/c61-43-27-13-25-41(33-43)52-36-50(38-19-7-2-8-20-38)54(42-26-14-28-44(62)34-42)60-48-32-15-29-45-55(48)56-46(58(52)60)30-16-31-47(56)59-53(40-23-11-4-12-24-40)49(37-17-5-1-6-18-37)35-51(57(45)59)39-21-9-3-10-22-39/h1-36H. The smallest absolute Gasteiger partial charge is 0.0181 e. The van der Waals surface area contributed by atoms with Crippen molar-refractivity contribution in [2.75, 3.05) is 0 Å². The zero-order valence-corrected chi connectivity index (χ0v) is 36.7. The Hall–Kier alpha value is -6.84. The third-order valence-electron chi connectivity index (χ3n) is 12.7. The SMILES string of the molecule is Brc1cccc(-c2cc(-c3ccccc3)c(-c3cccc(Br)c3)c3c4cccc5c6c(-c7ccccc7)cc(-c7ccccc7)c(-c7ccccc7)c6c6cccc(c23)c6c54)c1. The van der Waals surface area contributed by atoms with Gasteiger partial charge in [0, 0.05) is 8.95 Å². The second-order valence-electron chi connectivity index (χ2n) is 16.1. The first-order valence-electron chi connectivity index (χ1n) is 21.1. The third-order valence-corrected chi connectivity index (χ3v) is 13.7. The van der Waals surface area contributed by atoms with Crippen molar-refractivity contribution in [2.24, 2.45) is 0 Å². The van der Waals surface area contributed by atoms with Crippen molar-refractivity contribution in [1.82, 2.24) is 0 Å². The van der Waals surface area contributed by atoms with Crippen molar-refractivity contribution in [3.8, 4) is 66.8 Å². The summed E-state index contributed by atoms with van der Waals surface area (Å²) in [5, 5.41) is 12.7. The van der Waals surface area contributed by atoms with Crippen LogP contribution in [-0.2, 0) is 0 Å². The van der Waals surface area contributed by atoms with Crippen LogP contribution in [0.25, 0.3) is 121 Å². The van der Waals surface area contributed by atoms with Gasteiger partial charge in [-0.3, -0.25) is 0 Å². The molecule has 0 saturated carbocycles. The zero-order valence-electron chi connectivity index (χ0n) is 33.5. The van der Waals surface area contributed by atoms with Crippen LogP contribution in [0, 0.1) is 0 Å². The molecule has 0 aromatic heterocycles. The Bertz CT molecular complexity index is 3670. The predicted molar refractivity (Wildman–Crippen MR) is 273 cm³/mol. The lowest BCUT2D eigenvalue weighted by Crippen LogP contribution is -1.98. The minimum atomic E-state index is 1.05. The number of halogens is 2. The topological polar surface area (TPSA) is 0 Å². The molecule has 2 heteroatoms. The molecule has 62 heavy (non-hydrogen) atoms. The molecule has 0 nitrogen and oxygen atoms in total. The van der Waals surface area contributed by atoms with Gasteiger partial charge in [0.05, 0.1) is 0 Å². The van der Waals surface area contributed by atoms with Crippen LogP contribution in [0.2, 0.25) is 0 Å². The summed E-state index contributed by atoms with van der Waals surface area (Å²) < 4.78 is 2.11. The van der Waals surface area contributed by atoms with Crippen LogP contribution in [-0.4, -0.2) is 0 Å². The van der Waals surface area contributed by atoms with E-state index in [9.17, 15) is 0 Å². The van der Waals surface area contributed by atoms with Crippen LogP contribution < -0.4 is 0 Å². The Kier molecular flexibility index (Phi) is 8.92. The molecular formula is C60H36Br2. The molecule has 0 radical (unpaired) electrons. The normalized spacial score (nSPS) is 11.7. The van der Waals surface area contributed by atoms with Gasteiger partial charge in [0.25, 0.3) is 0 Å². The van der Waals surface area contributed by atoms with E-state index < -0.39 is 0 Å². The molecule has 0 bridgehead atoms. The van der Waals surface area contributed by atoms with Gasteiger partial charge in [-0.15, -0.1) is 0 Å². The lowest BCUT2D eigenvalue weighted by atomic mass is 9.77. The van der Waals surface area contributed by atoms with E-state index in [1.807, 2.05) is 0 Å². The fourth-order valence-corrected chi connectivity index (χ4v) is 11.0. The van der Waals surface area contributed by atoms with Gasteiger partial charge in [-0.25, -0.2) is 0 Å². The molecule has 0 saturated heterocycles. The first-order valence-corrected chi connectivity index (χ1v) is 22.6. The highest BCUT2D eigenvalue weighted by Crippen LogP contribution is 2.55. The summed E-state index contributed by atoms with van der Waals surface area (Å²) in [7, 11) is 0. The predicted octanol–water partition coefficient (Wildman–Crippen LogP) is 18.4. The molecule has 12 aromatic carbocycles. The number of fused-ring (bicyclic) bond motifs is 6. The Morgan fingerprint density at radius 3 is 0.984 bits per heavy atom. The summed E-state index contributed by atoms with van der Waals surface area (Å²) in [4.78, 5) is 0. The minimum Gasteiger partial charge on any atom is -0.0622 e. The molecule has 0 aliphatic heterocycles. The van der Waals surface area contributed by atoms with Crippen molar-refractivity contribution < 1.29 is 0 Å². The van der Waals surface area contributed by atoms with Crippen molar-refractivity contribution in [3.05, 3.63) is 227 Å². The molecule has 0 N–H and O–H groups in total. The number of hydrogen-bond acceptors (Lipinski definition) is 0. The number of rotatable bonds is 6. The van der Waals surface area contributed by atoms with Gasteiger partial charge in [0.1, 0.15) is 0 Å². The second-order valence-corrected chi connectivity index (χ2v) is 18.0. The number of benzene rings is 12. The Morgan fingerprint density at radius 1 is 0.210 bits per heavy atom. The molecule has 0 aliphatic rings. The van der Waals surface area contributed by atoms with E-state index in [1.165, 1.54) is 121 Å². The number of hydrogen-bond donors (Lipinski definition) is 0. The van der Waals surface area contributed by atoms with Crippen LogP contribution >= 0.6 is 31.9 Å². The Morgan fingerprint density at radius 2 is 0.532 bits per heavy atom. The van der Waals surface area contributed by atoms with Crippen LogP contribution in [0.15, 0.2) is 227 Å². The van der Waals surface area contributed by atoms with E-state index in [4.69, 9.17) is 0 Å². The molecule has 0 amide bonds. The monoisotopic (exact) mass is 914 g/mol. The third kappa shape index (κ3) is 5.86. The lowest BCUT2D eigenvalue weighted by molar-refractivity contribution is 1.58. The van der Waals surface area contributed by atoms with E-state index in [-0.39, 0.29) is 0 Å². The summed E-state index contributed by atoms with van der Waals surface area (Å²) in [6.07, 6.45) is 0. The first-order chi connectivity index (χ1) is 30.6. The fraction of sp³-hybridized carbons (Fsp3) is 0. The first kappa shape index (κ1) is 37.0. The summed E-state index contributed by atoms with van der Waals surface area (Å²) in [5.41, 5.74) is 14.5. The Labute approximate surface area is 377 Å². The van der Waals surface area contributed by atoms with E-state index in [1.54, 1.807) is 0 Å². The molecular weight excluding hydrogens is 880 g/mol. The summed E-state index contributed by atoms with van der Waals surface area (Å²) in [6, 6.07) is 80.5.